The highest BCUT2D eigenvalue weighted by atomic mass is 32.3. The molecule has 32 heavy (non-hydrogen) atoms. The van der Waals surface area contributed by atoms with Crippen molar-refractivity contribution in [3.05, 3.63) is 83.4 Å². The van der Waals surface area contributed by atoms with Crippen molar-refractivity contribution in [3.63, 3.8) is 0 Å². The van der Waals surface area contributed by atoms with Gasteiger partial charge < -0.3 is 0 Å². The van der Waals surface area contributed by atoms with Crippen molar-refractivity contribution < 1.29 is 30.3 Å². The highest BCUT2D eigenvalue weighted by Crippen LogP contribution is 2.35. The monoisotopic (exact) mass is 467 g/mol. The van der Waals surface area contributed by atoms with Gasteiger partial charge in [-0.2, -0.15) is 21.6 Å². The number of nitrogens with one attached hydrogen (secondary N) is 1. The summed E-state index contributed by atoms with van der Waals surface area (Å²) in [5.41, 5.74) is -1.71. The van der Waals surface area contributed by atoms with E-state index in [1.807, 2.05) is 42.5 Å². The van der Waals surface area contributed by atoms with E-state index in [1.165, 1.54) is 19.2 Å². The van der Waals surface area contributed by atoms with Crippen molar-refractivity contribution in [1.29, 1.82) is 0 Å². The van der Waals surface area contributed by atoms with Gasteiger partial charge in [-0.15, -0.1) is 0 Å². The number of fused-ring (bicyclic) bond motifs is 1. The van der Waals surface area contributed by atoms with E-state index in [2.05, 4.69) is 5.32 Å². The van der Waals surface area contributed by atoms with Crippen molar-refractivity contribution >= 4 is 21.2 Å². The van der Waals surface area contributed by atoms with Gasteiger partial charge in [-0.05, 0) is 61.2 Å². The van der Waals surface area contributed by atoms with Crippen LogP contribution in [0.15, 0.2) is 66.7 Å². The van der Waals surface area contributed by atoms with Crippen LogP contribution in [0.3, 0.4) is 0 Å². The Morgan fingerprint density at radius 2 is 1.59 bits per heavy atom. The molecular weight excluding hydrogens is 443 g/mol. The summed E-state index contributed by atoms with van der Waals surface area (Å²) in [7, 11) is -3.58. The van der Waals surface area contributed by atoms with E-state index < -0.39 is 27.9 Å². The van der Waals surface area contributed by atoms with Crippen LogP contribution in [-0.4, -0.2) is 20.0 Å². The van der Waals surface area contributed by atoms with E-state index in [9.17, 15) is 26.1 Å². The second kappa shape index (κ2) is 9.58. The topological polar surface area (TPSA) is 75.6 Å². The molecule has 5 nitrogen and oxygen atoms in total. The standard InChI is InChI=1S/C23H24F3NO4S/c1-27-22(31-32(28,29)30,19-12-7-13-20(16-19)23(24,25)26)15-5-4-9-18-11-6-10-17-8-2-3-14-21(17)18/h2-3,6-8,10-14,16,27H,4-5,9,15H2,1H3,(H,28,29,30). The molecule has 0 aromatic heterocycles. The molecule has 1 atom stereocenters. The van der Waals surface area contributed by atoms with Crippen LogP contribution in [0.4, 0.5) is 13.2 Å². The molecule has 0 aliphatic rings. The first-order valence-corrected chi connectivity index (χ1v) is 11.4. The second-order valence-electron chi connectivity index (χ2n) is 7.51. The van der Waals surface area contributed by atoms with E-state index in [0.29, 0.717) is 19.3 Å². The zero-order chi connectivity index (χ0) is 23.4. The maximum absolute atomic E-state index is 13.2. The van der Waals surface area contributed by atoms with Gasteiger partial charge in [0.15, 0.2) is 5.72 Å². The molecule has 3 aromatic rings. The van der Waals surface area contributed by atoms with Crippen molar-refractivity contribution in [2.75, 3.05) is 7.05 Å². The number of hydrogen-bond donors (Lipinski definition) is 2. The minimum Gasteiger partial charge on any atom is -0.288 e. The third kappa shape index (κ3) is 5.86. The summed E-state index contributed by atoms with van der Waals surface area (Å²) in [5, 5.41) is 4.88. The van der Waals surface area contributed by atoms with E-state index in [4.69, 9.17) is 4.18 Å². The quantitative estimate of drug-likeness (QED) is 0.248. The van der Waals surface area contributed by atoms with Crippen LogP contribution in [0.25, 0.3) is 10.8 Å². The van der Waals surface area contributed by atoms with Gasteiger partial charge in [0.2, 0.25) is 0 Å². The summed E-state index contributed by atoms with van der Waals surface area (Å²) in [6.07, 6.45) is -2.84. The molecule has 0 bridgehead atoms. The number of unbranched alkanes of at least 4 members (excludes halogenated alkanes) is 1. The highest BCUT2D eigenvalue weighted by molar-refractivity contribution is 7.80. The van der Waals surface area contributed by atoms with E-state index in [-0.39, 0.29) is 12.0 Å². The Morgan fingerprint density at radius 1 is 0.938 bits per heavy atom. The summed E-state index contributed by atoms with van der Waals surface area (Å²) < 4.78 is 76.9. The maximum Gasteiger partial charge on any atom is 0.416 e. The predicted molar refractivity (Wildman–Crippen MR) is 116 cm³/mol. The molecule has 0 amide bonds. The molecule has 172 valence electrons. The fourth-order valence-corrected chi connectivity index (χ4v) is 4.49. The lowest BCUT2D eigenvalue weighted by Crippen LogP contribution is -2.44. The molecular formula is C23H24F3NO4S. The molecule has 1 unspecified atom stereocenters. The van der Waals surface area contributed by atoms with Gasteiger partial charge >= 0.3 is 16.6 Å². The normalized spacial score (nSPS) is 14.4. The lowest BCUT2D eigenvalue weighted by atomic mass is 9.93. The molecule has 0 spiro atoms. The van der Waals surface area contributed by atoms with Gasteiger partial charge in [0, 0.05) is 5.56 Å². The summed E-state index contributed by atoms with van der Waals surface area (Å²) in [5.74, 6) is 0. The number of alkyl halides is 3. The molecule has 9 heteroatoms. The molecule has 0 fully saturated rings. The molecule has 0 aliphatic heterocycles. The Kier molecular flexibility index (Phi) is 7.24. The molecule has 0 saturated carbocycles. The molecule has 0 saturated heterocycles. The lowest BCUT2D eigenvalue weighted by Gasteiger charge is -2.32. The van der Waals surface area contributed by atoms with Crippen molar-refractivity contribution in [2.24, 2.45) is 0 Å². The Bertz CT molecular complexity index is 1180. The Labute approximate surface area is 185 Å². The van der Waals surface area contributed by atoms with Gasteiger partial charge in [-0.25, -0.2) is 4.18 Å². The Morgan fingerprint density at radius 3 is 2.28 bits per heavy atom. The second-order valence-corrected chi connectivity index (χ2v) is 8.53. The third-order valence-electron chi connectivity index (χ3n) is 5.41. The first kappa shape index (κ1) is 24.2. The molecule has 0 aliphatic carbocycles. The number of rotatable bonds is 9. The van der Waals surface area contributed by atoms with E-state index in [0.717, 1.165) is 28.5 Å². The van der Waals surface area contributed by atoms with E-state index >= 15 is 0 Å². The van der Waals surface area contributed by atoms with Crippen LogP contribution in [0.2, 0.25) is 0 Å². The fraction of sp³-hybridized carbons (Fsp3) is 0.304. The molecule has 0 radical (unpaired) electrons. The van der Waals surface area contributed by atoms with Gasteiger partial charge in [-0.3, -0.25) is 9.87 Å². The van der Waals surface area contributed by atoms with Gasteiger partial charge in [0.1, 0.15) is 0 Å². The molecule has 0 heterocycles. The number of halogens is 3. The average molecular weight is 468 g/mol. The summed E-state index contributed by atoms with van der Waals surface area (Å²) in [4.78, 5) is 0. The predicted octanol–water partition coefficient (Wildman–Crippen LogP) is 5.46. The minimum atomic E-state index is -4.95. The van der Waals surface area contributed by atoms with Crippen LogP contribution in [0.1, 0.15) is 36.0 Å². The number of benzene rings is 3. The zero-order valence-electron chi connectivity index (χ0n) is 17.4. The maximum atomic E-state index is 13.2. The zero-order valence-corrected chi connectivity index (χ0v) is 18.2. The smallest absolute Gasteiger partial charge is 0.288 e. The van der Waals surface area contributed by atoms with Crippen molar-refractivity contribution in [3.8, 4) is 0 Å². The largest absolute Gasteiger partial charge is 0.416 e. The average Bonchev–Trinajstić information content (AvgIpc) is 2.74. The van der Waals surface area contributed by atoms with Crippen LogP contribution in [-0.2, 0) is 32.9 Å². The number of aryl methyl sites for hydroxylation is 1. The fourth-order valence-electron chi connectivity index (χ4n) is 3.87. The lowest BCUT2D eigenvalue weighted by molar-refractivity contribution is -0.137. The Hall–Kier alpha value is -2.46. The van der Waals surface area contributed by atoms with Gasteiger partial charge in [0.25, 0.3) is 0 Å². The van der Waals surface area contributed by atoms with Gasteiger partial charge in [0.05, 0.1) is 5.56 Å². The molecule has 2 N–H and O–H groups in total. The summed E-state index contributed by atoms with van der Waals surface area (Å²) >= 11 is 0. The van der Waals surface area contributed by atoms with Crippen molar-refractivity contribution in [1.82, 2.24) is 5.32 Å². The Balaban J connectivity index is 1.82. The van der Waals surface area contributed by atoms with Gasteiger partial charge in [-0.1, -0.05) is 54.6 Å². The minimum absolute atomic E-state index is 0.0232. The SMILES string of the molecule is CNC(CCCCc1cccc2ccccc12)(OS(=O)(=O)O)c1cccc(C(F)(F)F)c1. The van der Waals surface area contributed by atoms with Crippen LogP contribution in [0.5, 0.6) is 0 Å². The third-order valence-corrected chi connectivity index (χ3v) is 5.91. The first-order valence-electron chi connectivity index (χ1n) is 10.1. The highest BCUT2D eigenvalue weighted by Gasteiger charge is 2.38. The molecule has 3 aromatic carbocycles. The van der Waals surface area contributed by atoms with Crippen LogP contribution < -0.4 is 5.32 Å². The summed E-state index contributed by atoms with van der Waals surface area (Å²) in [6, 6.07) is 18.1. The first-order chi connectivity index (χ1) is 15.0. The van der Waals surface area contributed by atoms with Crippen molar-refractivity contribution in [2.45, 2.75) is 37.6 Å². The van der Waals surface area contributed by atoms with Crippen LogP contribution in [0, 0.1) is 0 Å². The summed E-state index contributed by atoms with van der Waals surface area (Å²) in [6.45, 7) is 0. The molecule has 3 rings (SSSR count). The van der Waals surface area contributed by atoms with Crippen LogP contribution >= 0.6 is 0 Å². The van der Waals surface area contributed by atoms with E-state index in [1.54, 1.807) is 0 Å². The number of hydrogen-bond acceptors (Lipinski definition) is 4.